The summed E-state index contributed by atoms with van der Waals surface area (Å²) in [5.74, 6) is -0.762. The van der Waals surface area contributed by atoms with Crippen molar-refractivity contribution < 1.29 is 22.3 Å². The standard InChI is InChI=1S/C17H17F4N5O/c18-14-7-12(5-6-13(14)15(8-22)25-26-16(23)24)27-9-10-1-3-11(4-2-10)17(19,20)21/h1-7H,8-9,22H2,(H4,23,24,26)/b25-15+. The van der Waals surface area contributed by atoms with Crippen LogP contribution in [0.15, 0.2) is 52.7 Å². The van der Waals surface area contributed by atoms with Crippen LogP contribution in [0, 0.1) is 5.82 Å². The Morgan fingerprint density at radius 2 is 1.67 bits per heavy atom. The molecule has 0 aliphatic rings. The predicted octanol–water partition coefficient (Wildman–Crippen LogP) is 2.36. The van der Waals surface area contributed by atoms with Gasteiger partial charge in [-0.25, -0.2) is 4.39 Å². The number of guanidine groups is 1. The third-order valence-corrected chi connectivity index (χ3v) is 3.42. The van der Waals surface area contributed by atoms with E-state index in [1.54, 1.807) is 0 Å². The lowest BCUT2D eigenvalue weighted by molar-refractivity contribution is -0.137. The summed E-state index contributed by atoms with van der Waals surface area (Å²) in [7, 11) is 0. The van der Waals surface area contributed by atoms with Gasteiger partial charge >= 0.3 is 6.18 Å². The lowest BCUT2D eigenvalue weighted by Crippen LogP contribution is -2.23. The van der Waals surface area contributed by atoms with Gasteiger partial charge < -0.3 is 21.9 Å². The summed E-state index contributed by atoms with van der Waals surface area (Å²) in [4.78, 5) is 0. The fourth-order valence-electron chi connectivity index (χ4n) is 2.10. The molecule has 27 heavy (non-hydrogen) atoms. The van der Waals surface area contributed by atoms with Crippen LogP contribution < -0.4 is 21.9 Å². The van der Waals surface area contributed by atoms with Crippen molar-refractivity contribution in [2.45, 2.75) is 12.8 Å². The highest BCUT2D eigenvalue weighted by Crippen LogP contribution is 2.29. The molecule has 0 fully saturated rings. The van der Waals surface area contributed by atoms with Gasteiger partial charge in [0.15, 0.2) is 0 Å². The van der Waals surface area contributed by atoms with Crippen molar-refractivity contribution in [1.29, 1.82) is 0 Å². The molecular formula is C17H17F4N5O. The molecule has 6 nitrogen and oxygen atoms in total. The number of rotatable bonds is 6. The first-order valence-electron chi connectivity index (χ1n) is 7.65. The summed E-state index contributed by atoms with van der Waals surface area (Å²) in [6.45, 7) is -0.123. The molecule has 0 aliphatic carbocycles. The van der Waals surface area contributed by atoms with Crippen LogP contribution >= 0.6 is 0 Å². The first-order chi connectivity index (χ1) is 12.7. The van der Waals surface area contributed by atoms with Crippen molar-refractivity contribution in [2.75, 3.05) is 6.54 Å². The fraction of sp³-hybridized carbons (Fsp3) is 0.176. The van der Waals surface area contributed by atoms with Crippen molar-refractivity contribution in [3.05, 3.63) is 65.0 Å². The van der Waals surface area contributed by atoms with E-state index >= 15 is 0 Å². The highest BCUT2D eigenvalue weighted by molar-refractivity contribution is 6.02. The van der Waals surface area contributed by atoms with Gasteiger partial charge in [0.1, 0.15) is 18.2 Å². The smallest absolute Gasteiger partial charge is 0.416 e. The Kier molecular flexibility index (Phi) is 6.35. The third-order valence-electron chi connectivity index (χ3n) is 3.42. The highest BCUT2D eigenvalue weighted by atomic mass is 19.4. The molecule has 0 amide bonds. The maximum absolute atomic E-state index is 14.3. The molecule has 144 valence electrons. The molecule has 0 saturated carbocycles. The second kappa shape index (κ2) is 8.49. The van der Waals surface area contributed by atoms with Crippen LogP contribution in [-0.2, 0) is 12.8 Å². The van der Waals surface area contributed by atoms with Crippen molar-refractivity contribution in [1.82, 2.24) is 0 Å². The van der Waals surface area contributed by atoms with Gasteiger partial charge in [0.05, 0.1) is 11.3 Å². The molecule has 0 unspecified atom stereocenters. The second-order valence-corrected chi connectivity index (χ2v) is 5.40. The van der Waals surface area contributed by atoms with E-state index < -0.39 is 17.6 Å². The predicted molar refractivity (Wildman–Crippen MR) is 93.6 cm³/mol. The maximum atomic E-state index is 14.3. The Labute approximate surface area is 152 Å². The Balaban J connectivity index is 2.09. The van der Waals surface area contributed by atoms with Crippen LogP contribution in [0.25, 0.3) is 0 Å². The molecule has 10 heteroatoms. The van der Waals surface area contributed by atoms with Gasteiger partial charge in [0.2, 0.25) is 5.96 Å². The zero-order valence-corrected chi connectivity index (χ0v) is 14.0. The van der Waals surface area contributed by atoms with Gasteiger partial charge in [-0.15, -0.1) is 10.2 Å². The topological polar surface area (TPSA) is 112 Å². The molecule has 0 aromatic heterocycles. The van der Waals surface area contributed by atoms with E-state index in [-0.39, 0.29) is 36.1 Å². The Morgan fingerprint density at radius 1 is 1.00 bits per heavy atom. The number of nitrogens with two attached hydrogens (primary N) is 3. The quantitative estimate of drug-likeness (QED) is 0.308. The molecular weight excluding hydrogens is 366 g/mol. The largest absolute Gasteiger partial charge is 0.489 e. The van der Waals surface area contributed by atoms with Crippen LogP contribution in [0.3, 0.4) is 0 Å². The molecule has 0 saturated heterocycles. The van der Waals surface area contributed by atoms with Crippen LogP contribution in [0.4, 0.5) is 17.6 Å². The molecule has 2 rings (SSSR count). The minimum atomic E-state index is -4.40. The average Bonchev–Trinajstić information content (AvgIpc) is 2.61. The lowest BCUT2D eigenvalue weighted by Gasteiger charge is -2.10. The number of ether oxygens (including phenoxy) is 1. The Bertz CT molecular complexity index is 843. The number of halogens is 4. The lowest BCUT2D eigenvalue weighted by atomic mass is 10.1. The maximum Gasteiger partial charge on any atom is 0.416 e. The highest BCUT2D eigenvalue weighted by Gasteiger charge is 2.29. The van der Waals surface area contributed by atoms with Crippen molar-refractivity contribution in [3.8, 4) is 5.75 Å². The zero-order valence-electron chi connectivity index (χ0n) is 14.0. The Hall–Kier alpha value is -3.14. The normalized spacial score (nSPS) is 12.0. The summed E-state index contributed by atoms with van der Waals surface area (Å²) in [5, 5.41) is 7.12. The first kappa shape index (κ1) is 20.2. The number of alkyl halides is 3. The molecule has 0 radical (unpaired) electrons. The molecule has 2 aromatic carbocycles. The van der Waals surface area contributed by atoms with Gasteiger partial charge in [0.25, 0.3) is 0 Å². The molecule has 6 N–H and O–H groups in total. The van der Waals surface area contributed by atoms with Gasteiger partial charge in [-0.05, 0) is 29.8 Å². The SMILES string of the molecule is NC/C(=N\N=C(N)N)c1ccc(OCc2ccc(C(F)(F)F)cc2)cc1F. The van der Waals surface area contributed by atoms with Gasteiger partial charge in [-0.1, -0.05) is 12.1 Å². The fourth-order valence-corrected chi connectivity index (χ4v) is 2.10. The van der Waals surface area contributed by atoms with Crippen molar-refractivity contribution in [3.63, 3.8) is 0 Å². The minimum absolute atomic E-state index is 0.0250. The third kappa shape index (κ3) is 5.68. The van der Waals surface area contributed by atoms with Crippen LogP contribution in [0.2, 0.25) is 0 Å². The molecule has 0 spiro atoms. The van der Waals surface area contributed by atoms with E-state index in [2.05, 4.69) is 10.2 Å². The molecule has 0 aliphatic heterocycles. The van der Waals surface area contributed by atoms with Gasteiger partial charge in [-0.2, -0.15) is 13.2 Å². The van der Waals surface area contributed by atoms with Crippen molar-refractivity contribution >= 4 is 11.7 Å². The van der Waals surface area contributed by atoms with E-state index in [0.717, 1.165) is 18.2 Å². The van der Waals surface area contributed by atoms with Gasteiger partial charge in [0, 0.05) is 18.2 Å². The average molecular weight is 383 g/mol. The first-order valence-corrected chi connectivity index (χ1v) is 7.65. The number of nitrogens with zero attached hydrogens (tertiary/aromatic N) is 2. The van der Waals surface area contributed by atoms with Crippen molar-refractivity contribution in [2.24, 2.45) is 27.4 Å². The van der Waals surface area contributed by atoms with E-state index in [4.69, 9.17) is 21.9 Å². The number of hydrogen-bond donors (Lipinski definition) is 3. The molecule has 0 bridgehead atoms. The summed E-state index contributed by atoms with van der Waals surface area (Å²) in [6.07, 6.45) is -4.40. The number of hydrogen-bond acceptors (Lipinski definition) is 4. The monoisotopic (exact) mass is 383 g/mol. The van der Waals surface area contributed by atoms with E-state index in [9.17, 15) is 17.6 Å². The van der Waals surface area contributed by atoms with E-state index in [1.807, 2.05) is 0 Å². The van der Waals surface area contributed by atoms with Gasteiger partial charge in [-0.3, -0.25) is 0 Å². The molecule has 0 heterocycles. The molecule has 0 atom stereocenters. The number of benzene rings is 2. The van der Waals surface area contributed by atoms with Crippen LogP contribution in [-0.4, -0.2) is 18.2 Å². The minimum Gasteiger partial charge on any atom is -0.489 e. The zero-order chi connectivity index (χ0) is 20.0. The van der Waals surface area contributed by atoms with Crippen LogP contribution in [0.1, 0.15) is 16.7 Å². The summed E-state index contributed by atoms with van der Waals surface area (Å²) < 4.78 is 57.3. The second-order valence-electron chi connectivity index (χ2n) is 5.40. The molecule has 2 aromatic rings. The van der Waals surface area contributed by atoms with E-state index in [0.29, 0.717) is 5.56 Å². The summed E-state index contributed by atoms with van der Waals surface area (Å²) in [6, 6.07) is 8.48. The Morgan fingerprint density at radius 3 is 2.19 bits per heavy atom. The summed E-state index contributed by atoms with van der Waals surface area (Å²) >= 11 is 0. The van der Waals surface area contributed by atoms with E-state index in [1.165, 1.54) is 24.3 Å². The summed E-state index contributed by atoms with van der Waals surface area (Å²) in [5.41, 5.74) is 15.8. The van der Waals surface area contributed by atoms with Crippen LogP contribution in [0.5, 0.6) is 5.75 Å².